The molecule has 2 aliphatic heterocycles. The first-order chi connectivity index (χ1) is 6.43. The molecule has 2 fully saturated rings. The quantitative estimate of drug-likeness (QED) is 0.660. The average molecular weight is 173 g/mol. The number of hydrogen-bond donors (Lipinski definition) is 0. The Morgan fingerprint density at radius 1 is 1.23 bits per heavy atom. The number of benzene rings is 1. The Kier molecular flexibility index (Phi) is 1.66. The van der Waals surface area contributed by atoms with Crippen LogP contribution in [0, 0.1) is 5.92 Å². The fourth-order valence-electron chi connectivity index (χ4n) is 2.62. The summed E-state index contributed by atoms with van der Waals surface area (Å²) in [6.07, 6.45) is 2.74. The molecule has 2 unspecified atom stereocenters. The molecule has 1 nitrogen and oxygen atoms in total. The van der Waals surface area contributed by atoms with Crippen LogP contribution in [-0.4, -0.2) is 24.0 Å². The summed E-state index contributed by atoms with van der Waals surface area (Å²) in [7, 11) is 0. The van der Waals surface area contributed by atoms with Gasteiger partial charge in [-0.05, 0) is 30.9 Å². The molecule has 0 aliphatic carbocycles. The van der Waals surface area contributed by atoms with E-state index in [0.29, 0.717) is 0 Å². The van der Waals surface area contributed by atoms with Gasteiger partial charge in [-0.25, -0.2) is 0 Å². The lowest BCUT2D eigenvalue weighted by atomic mass is 9.76. The Hall–Kier alpha value is -0.820. The van der Waals surface area contributed by atoms with E-state index in [-0.39, 0.29) is 0 Å². The lowest BCUT2D eigenvalue weighted by molar-refractivity contribution is -0.0655. The van der Waals surface area contributed by atoms with Crippen LogP contribution in [0.25, 0.3) is 0 Å². The summed E-state index contributed by atoms with van der Waals surface area (Å²) in [6.45, 7) is 2.70. The minimum absolute atomic E-state index is 0.945. The highest BCUT2D eigenvalue weighted by molar-refractivity contribution is 5.17. The van der Waals surface area contributed by atoms with E-state index in [1.165, 1.54) is 31.5 Å². The fraction of sp³-hybridized carbons (Fsp3) is 0.500. The van der Waals surface area contributed by atoms with Gasteiger partial charge in [-0.2, -0.15) is 0 Å². The van der Waals surface area contributed by atoms with Crippen LogP contribution in [0.3, 0.4) is 0 Å². The minimum Gasteiger partial charge on any atom is -0.300 e. The van der Waals surface area contributed by atoms with Crippen LogP contribution < -0.4 is 0 Å². The van der Waals surface area contributed by atoms with Crippen molar-refractivity contribution < 1.29 is 0 Å². The Bertz CT molecular complexity index is 293. The molecular formula is C12H15N. The molecule has 0 amide bonds. The third-order valence-electron chi connectivity index (χ3n) is 3.53. The molecule has 1 aromatic rings. The summed E-state index contributed by atoms with van der Waals surface area (Å²) in [6, 6.07) is 11.8. The van der Waals surface area contributed by atoms with Crippen LogP contribution in [0.4, 0.5) is 0 Å². The smallest absolute Gasteiger partial charge is 0.0151 e. The van der Waals surface area contributed by atoms with Gasteiger partial charge in [0.25, 0.3) is 0 Å². The molecule has 2 atom stereocenters. The van der Waals surface area contributed by atoms with Crippen LogP contribution in [0.2, 0.25) is 0 Å². The molecule has 0 radical (unpaired) electrons. The number of nitrogens with zero attached hydrogens (tertiary/aromatic N) is 1. The average Bonchev–Trinajstić information content (AvgIpc) is 2.15. The highest BCUT2D eigenvalue weighted by Gasteiger charge is 2.44. The van der Waals surface area contributed by atoms with Crippen molar-refractivity contribution in [3.8, 4) is 0 Å². The van der Waals surface area contributed by atoms with Crippen LogP contribution in [0.1, 0.15) is 12.0 Å². The topological polar surface area (TPSA) is 3.24 Å². The van der Waals surface area contributed by atoms with Crippen molar-refractivity contribution in [3.63, 3.8) is 0 Å². The highest BCUT2D eigenvalue weighted by Crippen LogP contribution is 2.37. The maximum absolute atomic E-state index is 2.59. The third kappa shape index (κ3) is 1.19. The van der Waals surface area contributed by atoms with E-state index >= 15 is 0 Å². The maximum Gasteiger partial charge on any atom is 0.0151 e. The summed E-state index contributed by atoms with van der Waals surface area (Å²) in [4.78, 5) is 2.59. The Labute approximate surface area is 79.4 Å². The monoisotopic (exact) mass is 173 g/mol. The number of fused-ring (bicyclic) bond motifs is 1. The fourth-order valence-corrected chi connectivity index (χ4v) is 2.62. The molecule has 3 rings (SSSR count). The van der Waals surface area contributed by atoms with Gasteiger partial charge in [0.05, 0.1) is 0 Å². The van der Waals surface area contributed by atoms with Crippen LogP contribution >= 0.6 is 0 Å². The van der Waals surface area contributed by atoms with Gasteiger partial charge in [-0.1, -0.05) is 30.3 Å². The third-order valence-corrected chi connectivity index (χ3v) is 3.53. The van der Waals surface area contributed by atoms with Crippen molar-refractivity contribution in [2.24, 2.45) is 5.92 Å². The second kappa shape index (κ2) is 2.85. The molecule has 2 aliphatic rings. The highest BCUT2D eigenvalue weighted by atomic mass is 15.3. The van der Waals surface area contributed by atoms with E-state index in [2.05, 4.69) is 35.2 Å². The minimum atomic E-state index is 0.945. The van der Waals surface area contributed by atoms with Gasteiger partial charge >= 0.3 is 0 Å². The van der Waals surface area contributed by atoms with E-state index in [4.69, 9.17) is 0 Å². The van der Waals surface area contributed by atoms with Gasteiger partial charge < -0.3 is 0 Å². The zero-order chi connectivity index (χ0) is 8.67. The second-order valence-corrected chi connectivity index (χ2v) is 4.30. The molecule has 1 aromatic carbocycles. The van der Waals surface area contributed by atoms with Gasteiger partial charge in [-0.15, -0.1) is 0 Å². The first kappa shape index (κ1) is 7.57. The molecule has 13 heavy (non-hydrogen) atoms. The van der Waals surface area contributed by atoms with Crippen LogP contribution in [0.5, 0.6) is 0 Å². The summed E-state index contributed by atoms with van der Waals surface area (Å²) in [5, 5.41) is 0. The second-order valence-electron chi connectivity index (χ2n) is 4.30. The van der Waals surface area contributed by atoms with Gasteiger partial charge in [0.15, 0.2) is 0 Å². The van der Waals surface area contributed by atoms with E-state index < -0.39 is 0 Å². The van der Waals surface area contributed by atoms with Crippen molar-refractivity contribution >= 4 is 0 Å². The standard InChI is InChI=1S/C12H15N/c1-2-4-10(5-3-1)8-11-9-13-7-6-12(11)13/h1-5,11-12H,6-9H2. The molecule has 0 aromatic heterocycles. The molecule has 0 N–H and O–H groups in total. The summed E-state index contributed by atoms with van der Waals surface area (Å²) >= 11 is 0. The van der Waals surface area contributed by atoms with Gasteiger partial charge in [0, 0.05) is 12.6 Å². The lowest BCUT2D eigenvalue weighted by Gasteiger charge is -2.56. The van der Waals surface area contributed by atoms with Crippen molar-refractivity contribution in [3.05, 3.63) is 35.9 Å². The molecule has 68 valence electrons. The molecule has 2 heterocycles. The number of hydrogen-bond acceptors (Lipinski definition) is 1. The number of rotatable bonds is 2. The van der Waals surface area contributed by atoms with Crippen molar-refractivity contribution in [1.29, 1.82) is 0 Å². The number of piperidine rings is 1. The van der Waals surface area contributed by atoms with Gasteiger partial charge in [0.2, 0.25) is 0 Å². The summed E-state index contributed by atoms with van der Waals surface area (Å²) in [5.74, 6) is 0.955. The Balaban J connectivity index is 1.64. The lowest BCUT2D eigenvalue weighted by Crippen LogP contribution is -2.65. The zero-order valence-corrected chi connectivity index (χ0v) is 7.82. The van der Waals surface area contributed by atoms with Crippen molar-refractivity contribution in [2.45, 2.75) is 18.9 Å². The predicted octanol–water partition coefficient (Wildman–Crippen LogP) is 1.93. The zero-order valence-electron chi connectivity index (χ0n) is 7.82. The van der Waals surface area contributed by atoms with Crippen molar-refractivity contribution in [1.82, 2.24) is 4.90 Å². The molecule has 2 saturated heterocycles. The summed E-state index contributed by atoms with van der Waals surface area (Å²) in [5.41, 5.74) is 1.51. The van der Waals surface area contributed by atoms with E-state index in [1.807, 2.05) is 0 Å². The molecule has 0 saturated carbocycles. The van der Waals surface area contributed by atoms with Gasteiger partial charge in [-0.3, -0.25) is 4.90 Å². The van der Waals surface area contributed by atoms with Crippen LogP contribution in [0.15, 0.2) is 30.3 Å². The molecule has 0 spiro atoms. The Morgan fingerprint density at radius 2 is 2.08 bits per heavy atom. The summed E-state index contributed by atoms with van der Waals surface area (Å²) < 4.78 is 0. The van der Waals surface area contributed by atoms with Crippen molar-refractivity contribution in [2.75, 3.05) is 13.1 Å². The largest absolute Gasteiger partial charge is 0.300 e. The Morgan fingerprint density at radius 3 is 2.62 bits per heavy atom. The van der Waals surface area contributed by atoms with Gasteiger partial charge in [0.1, 0.15) is 0 Å². The van der Waals surface area contributed by atoms with Crippen LogP contribution in [-0.2, 0) is 6.42 Å². The van der Waals surface area contributed by atoms with E-state index in [0.717, 1.165) is 12.0 Å². The van der Waals surface area contributed by atoms with E-state index in [1.54, 1.807) is 0 Å². The maximum atomic E-state index is 2.59. The molecule has 1 heteroatoms. The first-order valence-corrected chi connectivity index (χ1v) is 5.21. The molecular weight excluding hydrogens is 158 g/mol. The predicted molar refractivity (Wildman–Crippen MR) is 53.6 cm³/mol. The normalized spacial score (nSPS) is 31.7. The molecule has 0 bridgehead atoms. The SMILES string of the molecule is c1ccc(CC2CN3CCC23)cc1. The van der Waals surface area contributed by atoms with E-state index in [9.17, 15) is 0 Å². The first-order valence-electron chi connectivity index (χ1n) is 5.21.